The summed E-state index contributed by atoms with van der Waals surface area (Å²) in [5.74, 6) is 2.45. The van der Waals surface area contributed by atoms with Crippen molar-refractivity contribution in [2.24, 2.45) is 5.73 Å². The maximum absolute atomic E-state index is 11.8. The number of nitrogens with two attached hydrogens (primary N) is 1. The molecule has 1 saturated heterocycles. The normalized spacial score (nSPS) is 19.2. The Labute approximate surface area is 90.4 Å². The van der Waals surface area contributed by atoms with Gasteiger partial charge in [0.15, 0.2) is 0 Å². The Morgan fingerprint density at radius 1 is 1.43 bits per heavy atom. The van der Waals surface area contributed by atoms with Crippen LogP contribution in [0, 0.1) is 0 Å². The van der Waals surface area contributed by atoms with E-state index in [-0.39, 0.29) is 11.4 Å². The SMILES string of the molecule is CC(C)(N)CC(=O)N1CCCSCC1. The summed E-state index contributed by atoms with van der Waals surface area (Å²) in [6.45, 7) is 5.59. The van der Waals surface area contributed by atoms with Crippen LogP contribution in [0.5, 0.6) is 0 Å². The van der Waals surface area contributed by atoms with Crippen LogP contribution >= 0.6 is 11.8 Å². The lowest BCUT2D eigenvalue weighted by Gasteiger charge is -2.25. The van der Waals surface area contributed by atoms with E-state index >= 15 is 0 Å². The zero-order chi connectivity index (χ0) is 10.6. The summed E-state index contributed by atoms with van der Waals surface area (Å²) in [5.41, 5.74) is 5.45. The summed E-state index contributed by atoms with van der Waals surface area (Å²) in [5, 5.41) is 0. The van der Waals surface area contributed by atoms with Crippen LogP contribution in [0.15, 0.2) is 0 Å². The van der Waals surface area contributed by atoms with Crippen LogP contribution < -0.4 is 5.73 Å². The van der Waals surface area contributed by atoms with Crippen molar-refractivity contribution in [3.05, 3.63) is 0 Å². The first-order valence-electron chi connectivity index (χ1n) is 5.13. The molecule has 0 spiro atoms. The number of amides is 1. The Hall–Kier alpha value is -0.220. The second-order valence-corrected chi connectivity index (χ2v) is 5.74. The Morgan fingerprint density at radius 2 is 2.14 bits per heavy atom. The van der Waals surface area contributed by atoms with Gasteiger partial charge in [-0.3, -0.25) is 4.79 Å². The minimum Gasteiger partial charge on any atom is -0.342 e. The second-order valence-electron chi connectivity index (χ2n) is 4.51. The molecule has 4 heteroatoms. The third-order valence-electron chi connectivity index (χ3n) is 2.18. The molecule has 1 heterocycles. The number of carbonyl (C=O) groups excluding carboxylic acids is 1. The van der Waals surface area contributed by atoms with Crippen molar-refractivity contribution in [2.45, 2.75) is 32.2 Å². The standard InChI is InChI=1S/C10H20N2OS/c1-10(2,11)8-9(13)12-4-3-6-14-7-5-12/h3-8,11H2,1-2H3. The molecule has 0 aliphatic carbocycles. The van der Waals surface area contributed by atoms with Gasteiger partial charge in [0.25, 0.3) is 0 Å². The van der Waals surface area contributed by atoms with E-state index in [0.29, 0.717) is 6.42 Å². The van der Waals surface area contributed by atoms with E-state index in [1.807, 2.05) is 30.5 Å². The number of nitrogens with zero attached hydrogens (tertiary/aromatic N) is 1. The molecule has 82 valence electrons. The van der Waals surface area contributed by atoms with Gasteiger partial charge in [0.05, 0.1) is 0 Å². The van der Waals surface area contributed by atoms with Crippen molar-refractivity contribution in [2.75, 3.05) is 24.6 Å². The molecule has 3 nitrogen and oxygen atoms in total. The van der Waals surface area contributed by atoms with Gasteiger partial charge in [0.1, 0.15) is 0 Å². The molecule has 1 amide bonds. The average Bonchev–Trinajstić information content (AvgIpc) is 2.27. The lowest BCUT2D eigenvalue weighted by atomic mass is 10.0. The zero-order valence-corrected chi connectivity index (χ0v) is 9.90. The first-order chi connectivity index (χ1) is 6.49. The fourth-order valence-corrected chi connectivity index (χ4v) is 2.38. The van der Waals surface area contributed by atoms with E-state index in [2.05, 4.69) is 0 Å². The molecule has 0 unspecified atom stereocenters. The first-order valence-corrected chi connectivity index (χ1v) is 6.29. The van der Waals surface area contributed by atoms with Crippen molar-refractivity contribution in [3.8, 4) is 0 Å². The van der Waals surface area contributed by atoms with Crippen LogP contribution in [-0.2, 0) is 4.79 Å². The highest BCUT2D eigenvalue weighted by atomic mass is 32.2. The van der Waals surface area contributed by atoms with E-state index in [1.165, 1.54) is 5.75 Å². The zero-order valence-electron chi connectivity index (χ0n) is 9.08. The second kappa shape index (κ2) is 5.03. The van der Waals surface area contributed by atoms with Crippen molar-refractivity contribution in [1.82, 2.24) is 4.90 Å². The third-order valence-corrected chi connectivity index (χ3v) is 3.23. The Balaban J connectivity index is 2.42. The lowest BCUT2D eigenvalue weighted by Crippen LogP contribution is -2.42. The Kier molecular flexibility index (Phi) is 4.26. The molecule has 14 heavy (non-hydrogen) atoms. The van der Waals surface area contributed by atoms with Gasteiger partial charge in [-0.25, -0.2) is 0 Å². The molecular formula is C10H20N2OS. The van der Waals surface area contributed by atoms with E-state index in [4.69, 9.17) is 5.73 Å². The van der Waals surface area contributed by atoms with Gasteiger partial charge >= 0.3 is 0 Å². The molecule has 0 aromatic heterocycles. The van der Waals surface area contributed by atoms with Gasteiger partial charge in [-0.1, -0.05) is 0 Å². The highest BCUT2D eigenvalue weighted by molar-refractivity contribution is 7.99. The van der Waals surface area contributed by atoms with E-state index in [9.17, 15) is 4.79 Å². The molecule has 1 rings (SSSR count). The van der Waals surface area contributed by atoms with Gasteiger partial charge in [0, 0.05) is 30.8 Å². The van der Waals surface area contributed by atoms with E-state index in [0.717, 1.165) is 25.3 Å². The predicted molar refractivity (Wildman–Crippen MR) is 61.4 cm³/mol. The van der Waals surface area contributed by atoms with Crippen molar-refractivity contribution < 1.29 is 4.79 Å². The smallest absolute Gasteiger partial charge is 0.224 e. The molecule has 0 aromatic rings. The molecule has 0 radical (unpaired) electrons. The van der Waals surface area contributed by atoms with Crippen molar-refractivity contribution in [1.29, 1.82) is 0 Å². The van der Waals surface area contributed by atoms with Crippen LogP contribution in [0.2, 0.25) is 0 Å². The summed E-state index contributed by atoms with van der Waals surface area (Å²) in [6.07, 6.45) is 1.57. The molecule has 0 bridgehead atoms. The van der Waals surface area contributed by atoms with Crippen LogP contribution in [0.1, 0.15) is 26.7 Å². The highest BCUT2D eigenvalue weighted by Gasteiger charge is 2.21. The topological polar surface area (TPSA) is 46.3 Å². The summed E-state index contributed by atoms with van der Waals surface area (Å²) in [7, 11) is 0. The van der Waals surface area contributed by atoms with Crippen LogP contribution in [-0.4, -0.2) is 40.9 Å². The quantitative estimate of drug-likeness (QED) is 0.751. The van der Waals surface area contributed by atoms with Crippen LogP contribution in [0.25, 0.3) is 0 Å². The van der Waals surface area contributed by atoms with Gasteiger partial charge in [-0.2, -0.15) is 11.8 Å². The first kappa shape index (κ1) is 11.9. The molecule has 1 aliphatic rings. The summed E-state index contributed by atoms with van der Waals surface area (Å²) < 4.78 is 0. The fraction of sp³-hybridized carbons (Fsp3) is 0.900. The number of hydrogen-bond acceptors (Lipinski definition) is 3. The average molecular weight is 216 g/mol. The van der Waals surface area contributed by atoms with Gasteiger partial charge in [0.2, 0.25) is 5.91 Å². The molecule has 0 aromatic carbocycles. The summed E-state index contributed by atoms with van der Waals surface area (Å²) in [6, 6.07) is 0. The summed E-state index contributed by atoms with van der Waals surface area (Å²) in [4.78, 5) is 13.8. The largest absolute Gasteiger partial charge is 0.342 e. The lowest BCUT2D eigenvalue weighted by molar-refractivity contribution is -0.131. The van der Waals surface area contributed by atoms with E-state index in [1.54, 1.807) is 0 Å². The molecule has 1 aliphatic heterocycles. The molecule has 0 atom stereocenters. The molecule has 0 saturated carbocycles. The van der Waals surface area contributed by atoms with E-state index < -0.39 is 0 Å². The van der Waals surface area contributed by atoms with Crippen LogP contribution in [0.3, 0.4) is 0 Å². The van der Waals surface area contributed by atoms with Gasteiger partial charge < -0.3 is 10.6 Å². The fourth-order valence-electron chi connectivity index (χ4n) is 1.50. The molecular weight excluding hydrogens is 196 g/mol. The molecule has 2 N–H and O–H groups in total. The maximum Gasteiger partial charge on any atom is 0.224 e. The Bertz CT molecular complexity index is 193. The van der Waals surface area contributed by atoms with Crippen molar-refractivity contribution in [3.63, 3.8) is 0 Å². The van der Waals surface area contributed by atoms with Crippen molar-refractivity contribution >= 4 is 17.7 Å². The third kappa shape index (κ3) is 4.33. The van der Waals surface area contributed by atoms with Gasteiger partial charge in [-0.05, 0) is 26.0 Å². The van der Waals surface area contributed by atoms with Gasteiger partial charge in [-0.15, -0.1) is 0 Å². The number of hydrogen-bond donors (Lipinski definition) is 1. The number of carbonyl (C=O) groups is 1. The molecule has 1 fully saturated rings. The monoisotopic (exact) mass is 216 g/mol. The predicted octanol–water partition coefficient (Wildman–Crippen LogP) is 1.08. The Morgan fingerprint density at radius 3 is 2.79 bits per heavy atom. The van der Waals surface area contributed by atoms with Crippen LogP contribution in [0.4, 0.5) is 0 Å². The number of thioether (sulfide) groups is 1. The summed E-state index contributed by atoms with van der Waals surface area (Å²) >= 11 is 1.93. The highest BCUT2D eigenvalue weighted by Crippen LogP contribution is 2.13. The maximum atomic E-state index is 11.8. The number of rotatable bonds is 2. The minimum absolute atomic E-state index is 0.208. The minimum atomic E-state index is -0.378.